The molecule has 6 nitrogen and oxygen atoms in total. The fraction of sp³-hybridized carbons (Fsp3) is 0.0833. The SMILES string of the molecule is Cc1cc(NC(=O)Nc2sccc2C(=O)O)cnc1Br. The van der Waals surface area contributed by atoms with Gasteiger partial charge in [-0.2, -0.15) is 0 Å². The molecule has 0 atom stereocenters. The van der Waals surface area contributed by atoms with Crippen molar-refractivity contribution in [1.29, 1.82) is 0 Å². The molecular weight excluding hydrogens is 346 g/mol. The Labute approximate surface area is 127 Å². The van der Waals surface area contributed by atoms with Crippen LogP contribution in [0.4, 0.5) is 15.5 Å². The van der Waals surface area contributed by atoms with Gasteiger partial charge in [-0.3, -0.25) is 5.32 Å². The number of hydrogen-bond donors (Lipinski definition) is 3. The first kappa shape index (κ1) is 14.5. The molecule has 2 amide bonds. The van der Waals surface area contributed by atoms with Crippen LogP contribution in [-0.2, 0) is 0 Å². The lowest BCUT2D eigenvalue weighted by molar-refractivity contribution is 0.0698. The molecule has 0 radical (unpaired) electrons. The standard InChI is InChI=1S/C12H10BrN3O3S/c1-6-4-7(5-14-9(6)13)15-12(19)16-10-8(11(17)18)2-3-20-10/h2-5H,1H3,(H,17,18)(H2,15,16,19). The molecule has 3 N–H and O–H groups in total. The normalized spacial score (nSPS) is 10.1. The molecule has 0 saturated carbocycles. The Morgan fingerprint density at radius 2 is 2.15 bits per heavy atom. The number of aryl methyl sites for hydroxylation is 1. The Hall–Kier alpha value is -1.93. The van der Waals surface area contributed by atoms with E-state index >= 15 is 0 Å². The summed E-state index contributed by atoms with van der Waals surface area (Å²) in [6.07, 6.45) is 1.50. The highest BCUT2D eigenvalue weighted by molar-refractivity contribution is 9.10. The Morgan fingerprint density at radius 3 is 2.80 bits per heavy atom. The third kappa shape index (κ3) is 3.34. The number of anilines is 2. The zero-order chi connectivity index (χ0) is 14.7. The highest BCUT2D eigenvalue weighted by atomic mass is 79.9. The molecule has 2 aromatic heterocycles. The van der Waals surface area contributed by atoms with Crippen LogP contribution in [-0.4, -0.2) is 22.1 Å². The first-order chi connectivity index (χ1) is 9.47. The van der Waals surface area contributed by atoms with E-state index in [4.69, 9.17) is 5.11 Å². The Morgan fingerprint density at radius 1 is 1.40 bits per heavy atom. The molecule has 0 aromatic carbocycles. The zero-order valence-corrected chi connectivity index (χ0v) is 12.7. The second-order valence-electron chi connectivity index (χ2n) is 3.88. The minimum Gasteiger partial charge on any atom is -0.478 e. The van der Waals surface area contributed by atoms with E-state index in [0.717, 1.165) is 16.9 Å². The quantitative estimate of drug-likeness (QED) is 0.734. The second kappa shape index (κ2) is 6.02. The van der Waals surface area contributed by atoms with Crippen molar-refractivity contribution in [1.82, 2.24) is 4.98 Å². The van der Waals surface area contributed by atoms with Gasteiger partial charge in [-0.15, -0.1) is 11.3 Å². The van der Waals surface area contributed by atoms with Gasteiger partial charge in [0.05, 0.1) is 17.4 Å². The number of pyridine rings is 1. The van der Waals surface area contributed by atoms with Gasteiger partial charge in [-0.25, -0.2) is 14.6 Å². The van der Waals surface area contributed by atoms with Crippen LogP contribution in [0.1, 0.15) is 15.9 Å². The van der Waals surface area contributed by atoms with E-state index in [1.807, 2.05) is 6.92 Å². The number of amides is 2. The molecule has 0 saturated heterocycles. The minimum absolute atomic E-state index is 0.0651. The van der Waals surface area contributed by atoms with Crippen molar-refractivity contribution in [2.24, 2.45) is 0 Å². The van der Waals surface area contributed by atoms with Crippen LogP contribution < -0.4 is 10.6 Å². The molecule has 0 spiro atoms. The van der Waals surface area contributed by atoms with E-state index < -0.39 is 12.0 Å². The number of aromatic nitrogens is 1. The number of urea groups is 1. The van der Waals surface area contributed by atoms with Crippen LogP contribution >= 0.6 is 27.3 Å². The molecular formula is C12H10BrN3O3S. The van der Waals surface area contributed by atoms with Crippen molar-refractivity contribution in [2.75, 3.05) is 10.6 Å². The largest absolute Gasteiger partial charge is 0.478 e. The summed E-state index contributed by atoms with van der Waals surface area (Å²) in [6, 6.07) is 2.68. The summed E-state index contributed by atoms with van der Waals surface area (Å²) in [6.45, 7) is 1.85. The summed E-state index contributed by atoms with van der Waals surface area (Å²) >= 11 is 4.41. The molecule has 2 heterocycles. The Balaban J connectivity index is 2.07. The number of carbonyl (C=O) groups excluding carboxylic acids is 1. The molecule has 0 bridgehead atoms. The van der Waals surface area contributed by atoms with Crippen molar-refractivity contribution in [2.45, 2.75) is 6.92 Å². The summed E-state index contributed by atoms with van der Waals surface area (Å²) in [4.78, 5) is 26.8. The van der Waals surface area contributed by atoms with Gasteiger partial charge in [0.25, 0.3) is 0 Å². The lowest BCUT2D eigenvalue weighted by Gasteiger charge is -2.07. The zero-order valence-electron chi connectivity index (χ0n) is 10.3. The number of hydrogen-bond acceptors (Lipinski definition) is 4. The van der Waals surface area contributed by atoms with Crippen LogP contribution in [0.25, 0.3) is 0 Å². The monoisotopic (exact) mass is 355 g/mol. The number of carbonyl (C=O) groups is 2. The molecule has 0 unspecified atom stereocenters. The highest BCUT2D eigenvalue weighted by Crippen LogP contribution is 2.23. The third-order valence-corrected chi connectivity index (χ3v) is 4.05. The molecule has 2 rings (SSSR count). The number of thiophene rings is 1. The van der Waals surface area contributed by atoms with Crippen molar-refractivity contribution < 1.29 is 14.7 Å². The molecule has 2 aromatic rings. The maximum absolute atomic E-state index is 11.8. The number of carboxylic acid groups (broad SMARTS) is 1. The predicted molar refractivity (Wildman–Crippen MR) is 80.6 cm³/mol. The van der Waals surface area contributed by atoms with Gasteiger partial charge >= 0.3 is 12.0 Å². The van der Waals surface area contributed by atoms with E-state index in [0.29, 0.717) is 10.3 Å². The van der Waals surface area contributed by atoms with Gasteiger partial charge in [0.1, 0.15) is 9.60 Å². The van der Waals surface area contributed by atoms with E-state index in [2.05, 4.69) is 31.5 Å². The summed E-state index contributed by atoms with van der Waals surface area (Å²) in [7, 11) is 0. The van der Waals surface area contributed by atoms with Crippen LogP contribution in [0.5, 0.6) is 0 Å². The number of carboxylic acids is 1. The smallest absolute Gasteiger partial charge is 0.338 e. The summed E-state index contributed by atoms with van der Waals surface area (Å²) in [5.41, 5.74) is 1.47. The van der Waals surface area contributed by atoms with Gasteiger partial charge in [0.2, 0.25) is 0 Å². The topological polar surface area (TPSA) is 91.3 Å². The number of aromatic carboxylic acids is 1. The average Bonchev–Trinajstić information content (AvgIpc) is 2.82. The molecule has 0 fully saturated rings. The summed E-state index contributed by atoms with van der Waals surface area (Å²) in [5.74, 6) is -1.08. The lowest BCUT2D eigenvalue weighted by Crippen LogP contribution is -2.20. The van der Waals surface area contributed by atoms with Gasteiger partial charge in [0, 0.05) is 0 Å². The first-order valence-electron chi connectivity index (χ1n) is 5.48. The number of nitrogens with one attached hydrogen (secondary N) is 2. The van der Waals surface area contributed by atoms with Gasteiger partial charge in [-0.1, -0.05) is 0 Å². The van der Waals surface area contributed by atoms with Gasteiger partial charge in [-0.05, 0) is 45.9 Å². The van der Waals surface area contributed by atoms with Crippen LogP contribution in [0.2, 0.25) is 0 Å². The lowest BCUT2D eigenvalue weighted by atomic mass is 10.3. The summed E-state index contributed by atoms with van der Waals surface area (Å²) < 4.78 is 0.704. The second-order valence-corrected chi connectivity index (χ2v) is 5.55. The Kier molecular flexibility index (Phi) is 4.35. The highest BCUT2D eigenvalue weighted by Gasteiger charge is 2.14. The Bertz CT molecular complexity index is 672. The fourth-order valence-electron chi connectivity index (χ4n) is 1.47. The molecule has 0 aliphatic rings. The maximum atomic E-state index is 11.8. The van der Waals surface area contributed by atoms with Crippen molar-refractivity contribution >= 4 is 50.0 Å². The number of nitrogens with zero attached hydrogens (tertiary/aromatic N) is 1. The van der Waals surface area contributed by atoms with E-state index in [1.165, 1.54) is 12.3 Å². The maximum Gasteiger partial charge on any atom is 0.338 e. The molecule has 20 heavy (non-hydrogen) atoms. The van der Waals surface area contributed by atoms with E-state index in [-0.39, 0.29) is 10.6 Å². The average molecular weight is 356 g/mol. The first-order valence-corrected chi connectivity index (χ1v) is 7.15. The number of rotatable bonds is 3. The van der Waals surface area contributed by atoms with Crippen molar-refractivity contribution in [3.63, 3.8) is 0 Å². The van der Waals surface area contributed by atoms with Crippen LogP contribution in [0, 0.1) is 6.92 Å². The van der Waals surface area contributed by atoms with Crippen LogP contribution in [0.15, 0.2) is 28.3 Å². The van der Waals surface area contributed by atoms with Crippen molar-refractivity contribution in [3.05, 3.63) is 39.4 Å². The predicted octanol–water partition coefficient (Wildman–Crippen LogP) is 3.56. The molecule has 0 aliphatic heterocycles. The molecule has 8 heteroatoms. The van der Waals surface area contributed by atoms with Gasteiger partial charge in [0.15, 0.2) is 0 Å². The fourth-order valence-corrected chi connectivity index (χ4v) is 2.46. The summed E-state index contributed by atoms with van der Waals surface area (Å²) in [5, 5.41) is 15.9. The number of halogens is 1. The third-order valence-electron chi connectivity index (χ3n) is 2.39. The van der Waals surface area contributed by atoms with Gasteiger partial charge < -0.3 is 10.4 Å². The minimum atomic E-state index is -1.08. The molecule has 0 aliphatic carbocycles. The van der Waals surface area contributed by atoms with E-state index in [9.17, 15) is 9.59 Å². The van der Waals surface area contributed by atoms with E-state index in [1.54, 1.807) is 11.4 Å². The van der Waals surface area contributed by atoms with Crippen molar-refractivity contribution in [3.8, 4) is 0 Å². The molecule has 104 valence electrons. The van der Waals surface area contributed by atoms with Crippen LogP contribution in [0.3, 0.4) is 0 Å².